The second kappa shape index (κ2) is 12.4. The molecule has 0 saturated carbocycles. The van der Waals surface area contributed by atoms with Crippen LogP contribution in [0.5, 0.6) is 11.5 Å². The van der Waals surface area contributed by atoms with Crippen LogP contribution in [0, 0.1) is 0 Å². The molecule has 2 unspecified atom stereocenters. The first-order chi connectivity index (χ1) is 20.0. The number of amides is 1. The number of nitrogens with zero attached hydrogens (tertiary/aromatic N) is 4. The van der Waals surface area contributed by atoms with E-state index >= 15 is 0 Å². The van der Waals surface area contributed by atoms with Gasteiger partial charge in [0.2, 0.25) is 5.95 Å². The molecule has 8 nitrogen and oxygen atoms in total. The summed E-state index contributed by atoms with van der Waals surface area (Å²) in [5.74, 6) is 1.72. The van der Waals surface area contributed by atoms with Crippen molar-refractivity contribution < 1.29 is 9.53 Å². The summed E-state index contributed by atoms with van der Waals surface area (Å²) >= 11 is 3.68. The number of aryl methyl sites for hydroxylation is 1. The molecular weight excluding hydrogens is 592 g/mol. The standard InChI is InChI=1S/C33H41BrN6O2/c1-21-8-7-9-22(2)40(21)17-16-36-31(41)29-20-25(14-15-35-29)42-24-11-13-30-28(19-24)38-32(39(30)6)37-23-10-12-27(34)26(18-23)33(3,4)5/h10-15,18-22H,7-9,16-17H2,1-6H3,(H,36,41)(H,37,38). The van der Waals surface area contributed by atoms with E-state index in [0.717, 1.165) is 33.7 Å². The van der Waals surface area contributed by atoms with E-state index in [1.54, 1.807) is 18.3 Å². The lowest BCUT2D eigenvalue weighted by atomic mass is 9.87. The molecule has 5 rings (SSSR count). The van der Waals surface area contributed by atoms with Crippen LogP contribution in [-0.4, -0.2) is 50.5 Å². The molecule has 1 saturated heterocycles. The van der Waals surface area contributed by atoms with Gasteiger partial charge in [0, 0.05) is 60.7 Å². The van der Waals surface area contributed by atoms with E-state index in [0.29, 0.717) is 35.8 Å². The molecule has 1 aliphatic rings. The topological polar surface area (TPSA) is 84.3 Å². The zero-order chi connectivity index (χ0) is 30.0. The fourth-order valence-electron chi connectivity index (χ4n) is 5.70. The Morgan fingerprint density at radius 3 is 2.52 bits per heavy atom. The molecule has 2 aromatic heterocycles. The van der Waals surface area contributed by atoms with Crippen molar-refractivity contribution in [3.63, 3.8) is 0 Å². The molecular formula is C33H41BrN6O2. The zero-order valence-corrected chi connectivity index (χ0v) is 27.0. The van der Waals surface area contributed by atoms with Crippen molar-refractivity contribution in [3.05, 3.63) is 70.5 Å². The first-order valence-corrected chi connectivity index (χ1v) is 15.5. The molecule has 0 radical (unpaired) electrons. The van der Waals surface area contributed by atoms with E-state index < -0.39 is 0 Å². The van der Waals surface area contributed by atoms with Crippen LogP contribution in [0.15, 0.2) is 59.2 Å². The van der Waals surface area contributed by atoms with Gasteiger partial charge in [-0.25, -0.2) is 4.98 Å². The number of pyridine rings is 1. The van der Waals surface area contributed by atoms with Gasteiger partial charge in [0.25, 0.3) is 5.91 Å². The van der Waals surface area contributed by atoms with Crippen LogP contribution >= 0.6 is 15.9 Å². The van der Waals surface area contributed by atoms with Gasteiger partial charge >= 0.3 is 0 Å². The second-order valence-electron chi connectivity index (χ2n) is 12.3. The highest BCUT2D eigenvalue weighted by molar-refractivity contribution is 9.10. The number of aromatic nitrogens is 3. The Bertz CT molecular complexity index is 1570. The molecule has 9 heteroatoms. The van der Waals surface area contributed by atoms with E-state index in [1.165, 1.54) is 24.8 Å². The van der Waals surface area contributed by atoms with Crippen LogP contribution in [-0.2, 0) is 12.5 Å². The van der Waals surface area contributed by atoms with Gasteiger partial charge in [-0.3, -0.25) is 14.7 Å². The number of hydrogen-bond acceptors (Lipinski definition) is 6. The number of imidazole rings is 1. The molecule has 0 spiro atoms. The van der Waals surface area contributed by atoms with Crippen LogP contribution in [0.2, 0.25) is 0 Å². The van der Waals surface area contributed by atoms with Crippen molar-refractivity contribution in [2.24, 2.45) is 7.05 Å². The number of halogens is 1. The Morgan fingerprint density at radius 2 is 1.79 bits per heavy atom. The molecule has 4 aromatic rings. The van der Waals surface area contributed by atoms with Crippen LogP contribution < -0.4 is 15.4 Å². The maximum absolute atomic E-state index is 12.8. The lowest BCUT2D eigenvalue weighted by Gasteiger charge is -2.39. The Morgan fingerprint density at radius 1 is 1.05 bits per heavy atom. The molecule has 1 aliphatic heterocycles. The van der Waals surface area contributed by atoms with Gasteiger partial charge < -0.3 is 19.9 Å². The number of benzene rings is 2. The number of ether oxygens (including phenoxy) is 1. The number of likely N-dealkylation sites (tertiary alicyclic amines) is 1. The summed E-state index contributed by atoms with van der Waals surface area (Å²) in [6.45, 7) is 12.6. The van der Waals surface area contributed by atoms with Crippen molar-refractivity contribution >= 4 is 44.5 Å². The van der Waals surface area contributed by atoms with Crippen molar-refractivity contribution in [2.45, 2.75) is 71.4 Å². The smallest absolute Gasteiger partial charge is 0.270 e. The van der Waals surface area contributed by atoms with E-state index in [4.69, 9.17) is 9.72 Å². The van der Waals surface area contributed by atoms with E-state index in [9.17, 15) is 4.79 Å². The third kappa shape index (κ3) is 6.79. The van der Waals surface area contributed by atoms with Crippen LogP contribution in [0.4, 0.5) is 11.6 Å². The average molecular weight is 634 g/mol. The monoisotopic (exact) mass is 632 g/mol. The Labute approximate surface area is 257 Å². The highest BCUT2D eigenvalue weighted by atomic mass is 79.9. The second-order valence-corrected chi connectivity index (χ2v) is 13.2. The number of carbonyl (C=O) groups excluding carboxylic acids is 1. The van der Waals surface area contributed by atoms with Crippen molar-refractivity contribution in [1.82, 2.24) is 24.8 Å². The number of rotatable bonds is 8. The van der Waals surface area contributed by atoms with Crippen molar-refractivity contribution in [2.75, 3.05) is 18.4 Å². The Kier molecular flexibility index (Phi) is 8.89. The van der Waals surface area contributed by atoms with E-state index in [-0.39, 0.29) is 11.3 Å². The number of hydrogen-bond donors (Lipinski definition) is 2. The van der Waals surface area contributed by atoms with Gasteiger partial charge in [0.1, 0.15) is 17.2 Å². The molecule has 2 aromatic carbocycles. The van der Waals surface area contributed by atoms with Crippen LogP contribution in [0.1, 0.15) is 69.9 Å². The normalized spacial score (nSPS) is 17.8. The summed E-state index contributed by atoms with van der Waals surface area (Å²) in [6, 6.07) is 16.6. The minimum absolute atomic E-state index is 0.00705. The summed E-state index contributed by atoms with van der Waals surface area (Å²) in [7, 11) is 1.99. The summed E-state index contributed by atoms with van der Waals surface area (Å²) < 4.78 is 9.25. The number of piperidine rings is 1. The molecule has 1 fully saturated rings. The van der Waals surface area contributed by atoms with Crippen LogP contribution in [0.25, 0.3) is 11.0 Å². The van der Waals surface area contributed by atoms with E-state index in [2.05, 4.69) is 83.2 Å². The number of anilines is 2. The zero-order valence-electron chi connectivity index (χ0n) is 25.4. The molecule has 3 heterocycles. The fraction of sp³-hybridized carbons (Fsp3) is 0.424. The third-order valence-corrected chi connectivity index (χ3v) is 8.81. The molecule has 1 amide bonds. The van der Waals surface area contributed by atoms with Crippen LogP contribution in [0.3, 0.4) is 0 Å². The SMILES string of the molecule is CC1CCCC(C)N1CCNC(=O)c1cc(Oc2ccc3c(c2)nc(Nc2ccc(Br)c(C(C)(C)C)c2)n3C)ccn1. The summed E-state index contributed by atoms with van der Waals surface area (Å²) in [5.41, 5.74) is 4.32. The number of nitrogens with one attached hydrogen (secondary N) is 2. The molecule has 2 N–H and O–H groups in total. The summed E-state index contributed by atoms with van der Waals surface area (Å²) in [4.78, 5) is 24.4. The lowest BCUT2D eigenvalue weighted by Crippen LogP contribution is -2.47. The summed E-state index contributed by atoms with van der Waals surface area (Å²) in [5, 5.41) is 6.49. The Balaban J connectivity index is 1.25. The molecule has 222 valence electrons. The maximum Gasteiger partial charge on any atom is 0.270 e. The minimum Gasteiger partial charge on any atom is -0.457 e. The van der Waals surface area contributed by atoms with Crippen molar-refractivity contribution in [3.8, 4) is 11.5 Å². The first kappa shape index (κ1) is 30.0. The van der Waals surface area contributed by atoms with Gasteiger partial charge in [0.05, 0.1) is 11.0 Å². The first-order valence-electron chi connectivity index (χ1n) is 14.7. The minimum atomic E-state index is -0.198. The van der Waals surface area contributed by atoms with Crippen molar-refractivity contribution in [1.29, 1.82) is 0 Å². The number of fused-ring (bicyclic) bond motifs is 1. The van der Waals surface area contributed by atoms with Gasteiger partial charge in [-0.2, -0.15) is 0 Å². The van der Waals surface area contributed by atoms with Gasteiger partial charge in [-0.15, -0.1) is 0 Å². The van der Waals surface area contributed by atoms with Gasteiger partial charge in [-0.1, -0.05) is 43.1 Å². The van der Waals surface area contributed by atoms with E-state index in [1.807, 2.05) is 35.9 Å². The fourth-order valence-corrected chi connectivity index (χ4v) is 6.54. The number of carbonyl (C=O) groups is 1. The lowest BCUT2D eigenvalue weighted by molar-refractivity contribution is 0.0885. The highest BCUT2D eigenvalue weighted by Gasteiger charge is 2.24. The largest absolute Gasteiger partial charge is 0.457 e. The predicted molar refractivity (Wildman–Crippen MR) is 173 cm³/mol. The van der Waals surface area contributed by atoms with Gasteiger partial charge in [0.15, 0.2) is 0 Å². The molecule has 42 heavy (non-hydrogen) atoms. The Hall–Kier alpha value is -3.43. The molecule has 0 aliphatic carbocycles. The maximum atomic E-state index is 12.8. The third-order valence-electron chi connectivity index (χ3n) is 8.11. The van der Waals surface area contributed by atoms with Gasteiger partial charge in [-0.05, 0) is 74.1 Å². The molecule has 2 atom stereocenters. The average Bonchev–Trinajstić information content (AvgIpc) is 3.24. The molecule has 0 bridgehead atoms. The summed E-state index contributed by atoms with van der Waals surface area (Å²) in [6.07, 6.45) is 5.30. The predicted octanol–water partition coefficient (Wildman–Crippen LogP) is 7.56. The highest BCUT2D eigenvalue weighted by Crippen LogP contribution is 2.34. The quantitative estimate of drug-likeness (QED) is 0.209.